The van der Waals surface area contributed by atoms with E-state index in [0.717, 1.165) is 16.5 Å². The highest BCUT2D eigenvalue weighted by Gasteiger charge is 2.13. The zero-order chi connectivity index (χ0) is 16.1. The van der Waals surface area contributed by atoms with Crippen molar-refractivity contribution in [3.8, 4) is 0 Å². The van der Waals surface area contributed by atoms with Crippen LogP contribution in [0.5, 0.6) is 0 Å². The van der Waals surface area contributed by atoms with Crippen LogP contribution in [0.25, 0.3) is 0 Å². The molecule has 0 heterocycles. The Balaban J connectivity index is 3.55. The lowest BCUT2D eigenvalue weighted by Crippen LogP contribution is -2.41. The van der Waals surface area contributed by atoms with E-state index in [1.807, 2.05) is 0 Å². The van der Waals surface area contributed by atoms with E-state index in [1.165, 1.54) is 76.5 Å². The molecule has 0 N–H and O–H groups in total. The molecular formula is C20H40N+. The van der Waals surface area contributed by atoms with E-state index >= 15 is 0 Å². The zero-order valence-corrected chi connectivity index (χ0v) is 15.3. The van der Waals surface area contributed by atoms with Crippen molar-refractivity contribution in [2.75, 3.05) is 27.2 Å². The van der Waals surface area contributed by atoms with Crippen molar-refractivity contribution in [3.05, 3.63) is 24.3 Å². The topological polar surface area (TPSA) is 0 Å². The van der Waals surface area contributed by atoms with Gasteiger partial charge in [0.1, 0.15) is 0 Å². The van der Waals surface area contributed by atoms with Crippen LogP contribution in [0.15, 0.2) is 24.3 Å². The highest BCUT2D eigenvalue weighted by atomic mass is 15.3. The molecule has 0 fully saturated rings. The number of unbranched alkanes of at least 4 members (excludes halogenated alkanes) is 7. The summed E-state index contributed by atoms with van der Waals surface area (Å²) in [5.41, 5.74) is 2.37. The lowest BCUT2D eigenvalue weighted by molar-refractivity contribution is -0.890. The first-order valence-corrected chi connectivity index (χ1v) is 9.04. The molecule has 0 aliphatic heterocycles. The summed E-state index contributed by atoms with van der Waals surface area (Å²) in [4.78, 5) is 0. The van der Waals surface area contributed by atoms with Gasteiger partial charge in [-0.25, -0.2) is 0 Å². The standard InChI is InChI=1S/C20H40N/c1-7-8-9-10-11-12-13-14-17-21(5,6)18-15-16-20(4)19(2)3/h2,4,7-18H2,1,3,5-6H3/q+1. The number of hydrogen-bond acceptors (Lipinski definition) is 0. The Morgan fingerprint density at radius 1 is 0.762 bits per heavy atom. The first kappa shape index (κ1) is 20.4. The Morgan fingerprint density at radius 2 is 1.24 bits per heavy atom. The maximum Gasteiger partial charge on any atom is 0.0785 e. The molecule has 1 heteroatoms. The van der Waals surface area contributed by atoms with E-state index in [-0.39, 0.29) is 0 Å². The van der Waals surface area contributed by atoms with Gasteiger partial charge < -0.3 is 4.48 Å². The molecule has 0 aromatic carbocycles. The van der Waals surface area contributed by atoms with Gasteiger partial charge in [-0.3, -0.25) is 0 Å². The van der Waals surface area contributed by atoms with Crippen molar-refractivity contribution < 1.29 is 4.48 Å². The van der Waals surface area contributed by atoms with Crippen LogP contribution in [0.1, 0.15) is 78.1 Å². The second-order valence-electron chi connectivity index (χ2n) is 7.35. The number of hydrogen-bond donors (Lipinski definition) is 0. The summed E-state index contributed by atoms with van der Waals surface area (Å²) in [7, 11) is 4.73. The number of nitrogens with zero attached hydrogens (tertiary/aromatic N) is 1. The van der Waals surface area contributed by atoms with Crippen LogP contribution in [0.4, 0.5) is 0 Å². The average Bonchev–Trinajstić information content (AvgIpc) is 2.41. The van der Waals surface area contributed by atoms with Crippen molar-refractivity contribution in [2.24, 2.45) is 0 Å². The third-order valence-corrected chi connectivity index (χ3v) is 4.46. The van der Waals surface area contributed by atoms with Gasteiger partial charge in [0.25, 0.3) is 0 Å². The molecule has 0 aromatic heterocycles. The minimum atomic E-state index is 1.11. The van der Waals surface area contributed by atoms with Crippen LogP contribution >= 0.6 is 0 Å². The normalized spacial score (nSPS) is 11.6. The molecule has 124 valence electrons. The van der Waals surface area contributed by atoms with Gasteiger partial charge in [0.2, 0.25) is 0 Å². The number of quaternary nitrogens is 1. The summed E-state index contributed by atoms with van der Waals surface area (Å²) in [6.07, 6.45) is 13.6. The Morgan fingerprint density at radius 3 is 1.76 bits per heavy atom. The fraction of sp³-hybridized carbons (Fsp3) is 0.800. The summed E-state index contributed by atoms with van der Waals surface area (Å²) >= 11 is 0. The molecule has 0 atom stereocenters. The summed E-state index contributed by atoms with van der Waals surface area (Å²) in [5.74, 6) is 0. The molecule has 0 saturated heterocycles. The van der Waals surface area contributed by atoms with Crippen LogP contribution < -0.4 is 0 Å². The molecule has 1 nitrogen and oxygen atoms in total. The summed E-state index contributed by atoms with van der Waals surface area (Å²) in [6, 6.07) is 0. The van der Waals surface area contributed by atoms with Gasteiger partial charge in [-0.1, -0.05) is 69.8 Å². The van der Waals surface area contributed by atoms with Gasteiger partial charge in [0, 0.05) is 6.42 Å². The minimum absolute atomic E-state index is 1.11. The Bertz CT molecular complexity index is 288. The van der Waals surface area contributed by atoms with Crippen molar-refractivity contribution in [1.82, 2.24) is 0 Å². The lowest BCUT2D eigenvalue weighted by atomic mass is 10.1. The summed E-state index contributed by atoms with van der Waals surface area (Å²) < 4.78 is 1.15. The highest BCUT2D eigenvalue weighted by molar-refractivity contribution is 5.22. The van der Waals surface area contributed by atoms with E-state index in [4.69, 9.17) is 0 Å². The number of allylic oxidation sites excluding steroid dienone is 2. The Labute approximate surface area is 134 Å². The molecule has 0 aliphatic rings. The predicted molar refractivity (Wildman–Crippen MR) is 97.6 cm³/mol. The lowest BCUT2D eigenvalue weighted by Gasteiger charge is -2.30. The SMILES string of the molecule is C=C(C)C(=C)CCC[N+](C)(C)CCCCCCCCCC. The van der Waals surface area contributed by atoms with Crippen LogP contribution in [0.3, 0.4) is 0 Å². The molecule has 0 spiro atoms. The van der Waals surface area contributed by atoms with E-state index in [1.54, 1.807) is 0 Å². The van der Waals surface area contributed by atoms with E-state index in [2.05, 4.69) is 41.1 Å². The van der Waals surface area contributed by atoms with Gasteiger partial charge in [-0.2, -0.15) is 0 Å². The first-order chi connectivity index (χ1) is 9.89. The molecule has 0 unspecified atom stereocenters. The molecule has 21 heavy (non-hydrogen) atoms. The average molecular weight is 295 g/mol. The molecule has 0 bridgehead atoms. The number of rotatable bonds is 14. The second kappa shape index (κ2) is 12.0. The van der Waals surface area contributed by atoms with E-state index in [9.17, 15) is 0 Å². The minimum Gasteiger partial charge on any atom is -0.328 e. The van der Waals surface area contributed by atoms with Crippen molar-refractivity contribution >= 4 is 0 Å². The molecule has 0 aliphatic carbocycles. The maximum absolute atomic E-state index is 4.08. The first-order valence-electron chi connectivity index (χ1n) is 9.04. The fourth-order valence-corrected chi connectivity index (χ4v) is 2.72. The van der Waals surface area contributed by atoms with Crippen LogP contribution in [-0.4, -0.2) is 31.7 Å². The third kappa shape index (κ3) is 12.9. The monoisotopic (exact) mass is 294 g/mol. The quantitative estimate of drug-likeness (QED) is 0.206. The van der Waals surface area contributed by atoms with Gasteiger partial charge in [-0.05, 0) is 26.2 Å². The third-order valence-electron chi connectivity index (χ3n) is 4.46. The Hall–Kier alpha value is -0.560. The molecule has 0 radical (unpaired) electrons. The van der Waals surface area contributed by atoms with Gasteiger partial charge in [0.05, 0.1) is 27.2 Å². The molecule has 0 amide bonds. The van der Waals surface area contributed by atoms with Crippen molar-refractivity contribution in [3.63, 3.8) is 0 Å². The van der Waals surface area contributed by atoms with E-state index in [0.29, 0.717) is 0 Å². The smallest absolute Gasteiger partial charge is 0.0785 e. The van der Waals surface area contributed by atoms with E-state index < -0.39 is 0 Å². The van der Waals surface area contributed by atoms with Crippen LogP contribution in [0.2, 0.25) is 0 Å². The zero-order valence-electron chi connectivity index (χ0n) is 15.3. The fourth-order valence-electron chi connectivity index (χ4n) is 2.72. The highest BCUT2D eigenvalue weighted by Crippen LogP contribution is 2.14. The largest absolute Gasteiger partial charge is 0.328 e. The second-order valence-corrected chi connectivity index (χ2v) is 7.35. The van der Waals surface area contributed by atoms with Crippen LogP contribution in [-0.2, 0) is 0 Å². The van der Waals surface area contributed by atoms with Gasteiger partial charge >= 0.3 is 0 Å². The molecule has 0 aromatic rings. The van der Waals surface area contributed by atoms with Gasteiger partial charge in [0.15, 0.2) is 0 Å². The van der Waals surface area contributed by atoms with Crippen LogP contribution in [0, 0.1) is 0 Å². The van der Waals surface area contributed by atoms with Crippen molar-refractivity contribution in [2.45, 2.75) is 78.1 Å². The predicted octanol–water partition coefficient (Wildman–Crippen LogP) is 6.12. The molecule has 0 rings (SSSR count). The van der Waals surface area contributed by atoms with Gasteiger partial charge in [-0.15, -0.1) is 0 Å². The van der Waals surface area contributed by atoms with Crippen molar-refractivity contribution in [1.29, 1.82) is 0 Å². The summed E-state index contributed by atoms with van der Waals surface area (Å²) in [6.45, 7) is 15.0. The molecular weight excluding hydrogens is 254 g/mol. The molecule has 0 saturated carbocycles. The Kier molecular flexibility index (Phi) is 11.7. The maximum atomic E-state index is 4.08. The summed E-state index contributed by atoms with van der Waals surface area (Å²) in [5, 5.41) is 0.